The molecule has 0 aliphatic heterocycles. The molecule has 1 saturated carbocycles. The molecule has 1 aliphatic carbocycles. The highest BCUT2D eigenvalue weighted by Crippen LogP contribution is 2.46. The average Bonchev–Trinajstić information content (AvgIpc) is 3.48. The van der Waals surface area contributed by atoms with Crippen molar-refractivity contribution in [2.24, 2.45) is 11.1 Å². The topological polar surface area (TPSA) is 94.3 Å². The first-order chi connectivity index (χ1) is 14.0. The second-order valence-corrected chi connectivity index (χ2v) is 7.73. The van der Waals surface area contributed by atoms with E-state index < -0.39 is 5.92 Å². The molecule has 2 aromatic carbocycles. The van der Waals surface area contributed by atoms with Gasteiger partial charge >= 0.3 is 5.97 Å². The molecule has 164 valence electrons. The third-order valence-corrected chi connectivity index (χ3v) is 5.45. The molecule has 1 heterocycles. The Morgan fingerprint density at radius 2 is 1.81 bits per heavy atom. The standard InChI is InChI=1S/C23H23N3O3.2ClH/c1-23(9-10-23)22(28)29-19-6-3-15(4-7-19)20(13-24)21(27)26-18-5-2-17-14-25-11-8-16(17)12-18;;/h2-8,11-12,14,20H,9-10,13,24H2,1H3,(H,26,27);2*1H. The van der Waals surface area contributed by atoms with Crippen LogP contribution in [0.5, 0.6) is 5.75 Å². The van der Waals surface area contributed by atoms with Crippen LogP contribution in [0.1, 0.15) is 31.2 Å². The van der Waals surface area contributed by atoms with Crippen LogP contribution in [0, 0.1) is 5.41 Å². The van der Waals surface area contributed by atoms with Gasteiger partial charge in [-0.25, -0.2) is 0 Å². The molecule has 0 spiro atoms. The van der Waals surface area contributed by atoms with Crippen LogP contribution in [-0.4, -0.2) is 23.4 Å². The maximum atomic E-state index is 12.8. The molecule has 0 saturated heterocycles. The zero-order chi connectivity index (χ0) is 20.4. The first-order valence-electron chi connectivity index (χ1n) is 9.65. The number of carbonyl (C=O) groups excluding carboxylic acids is 2. The normalized spacial score (nSPS) is 14.5. The number of halogens is 2. The molecule has 1 aliphatic rings. The van der Waals surface area contributed by atoms with E-state index in [1.54, 1.807) is 36.7 Å². The van der Waals surface area contributed by atoms with Crippen LogP contribution < -0.4 is 15.8 Å². The van der Waals surface area contributed by atoms with Gasteiger partial charge in [-0.3, -0.25) is 14.6 Å². The molecule has 3 N–H and O–H groups in total. The van der Waals surface area contributed by atoms with Crippen LogP contribution in [0.3, 0.4) is 0 Å². The lowest BCUT2D eigenvalue weighted by Gasteiger charge is -2.16. The highest BCUT2D eigenvalue weighted by Gasteiger charge is 2.46. The highest BCUT2D eigenvalue weighted by atomic mass is 35.5. The number of rotatable bonds is 6. The van der Waals surface area contributed by atoms with Crippen molar-refractivity contribution in [2.75, 3.05) is 11.9 Å². The van der Waals surface area contributed by atoms with E-state index in [9.17, 15) is 9.59 Å². The van der Waals surface area contributed by atoms with E-state index in [4.69, 9.17) is 10.5 Å². The lowest BCUT2D eigenvalue weighted by Crippen LogP contribution is -2.27. The van der Waals surface area contributed by atoms with Crippen molar-refractivity contribution in [1.82, 2.24) is 4.98 Å². The summed E-state index contributed by atoms with van der Waals surface area (Å²) in [5.41, 5.74) is 7.02. The minimum absolute atomic E-state index is 0. The Hall–Kier alpha value is -2.67. The predicted molar refractivity (Wildman–Crippen MR) is 126 cm³/mol. The van der Waals surface area contributed by atoms with Gasteiger partial charge in [-0.15, -0.1) is 24.8 Å². The largest absolute Gasteiger partial charge is 0.426 e. The van der Waals surface area contributed by atoms with E-state index in [0.29, 0.717) is 11.4 Å². The summed E-state index contributed by atoms with van der Waals surface area (Å²) in [7, 11) is 0. The van der Waals surface area contributed by atoms with Crippen molar-refractivity contribution in [2.45, 2.75) is 25.7 Å². The minimum atomic E-state index is -0.506. The fraction of sp³-hybridized carbons (Fsp3) is 0.261. The number of ether oxygens (including phenoxy) is 1. The maximum absolute atomic E-state index is 12.8. The summed E-state index contributed by atoms with van der Waals surface area (Å²) in [5, 5.41) is 4.94. The van der Waals surface area contributed by atoms with Gasteiger partial charge < -0.3 is 15.8 Å². The summed E-state index contributed by atoms with van der Waals surface area (Å²) in [6, 6.07) is 14.5. The molecule has 0 radical (unpaired) electrons. The first-order valence-corrected chi connectivity index (χ1v) is 9.65. The van der Waals surface area contributed by atoms with Crippen LogP contribution >= 0.6 is 24.8 Å². The minimum Gasteiger partial charge on any atom is -0.426 e. The van der Waals surface area contributed by atoms with Gasteiger partial charge in [0.15, 0.2) is 0 Å². The molecule has 3 aromatic rings. The van der Waals surface area contributed by atoms with E-state index in [2.05, 4.69) is 10.3 Å². The Labute approximate surface area is 193 Å². The summed E-state index contributed by atoms with van der Waals surface area (Å²) in [5.74, 6) is -0.416. The molecule has 6 nitrogen and oxygen atoms in total. The van der Waals surface area contributed by atoms with Crippen molar-refractivity contribution in [3.05, 3.63) is 66.5 Å². The highest BCUT2D eigenvalue weighted by molar-refractivity contribution is 5.98. The number of nitrogens with one attached hydrogen (secondary N) is 1. The smallest absolute Gasteiger partial charge is 0.317 e. The molecule has 1 atom stereocenters. The lowest BCUT2D eigenvalue weighted by molar-refractivity contribution is -0.139. The zero-order valence-corrected chi connectivity index (χ0v) is 18.7. The van der Waals surface area contributed by atoms with E-state index in [-0.39, 0.29) is 48.7 Å². The number of anilines is 1. The molecule has 1 aromatic heterocycles. The quantitative estimate of drug-likeness (QED) is 0.417. The van der Waals surface area contributed by atoms with Crippen molar-refractivity contribution in [3.63, 3.8) is 0 Å². The van der Waals surface area contributed by atoms with E-state index in [1.807, 2.05) is 31.2 Å². The summed E-state index contributed by atoms with van der Waals surface area (Å²) in [4.78, 5) is 29.0. The number of pyridine rings is 1. The van der Waals surface area contributed by atoms with Crippen LogP contribution in [-0.2, 0) is 9.59 Å². The van der Waals surface area contributed by atoms with Crippen molar-refractivity contribution >= 4 is 53.2 Å². The molecular weight excluding hydrogens is 437 g/mol. The predicted octanol–water partition coefficient (Wildman–Crippen LogP) is 4.46. The first kappa shape index (κ1) is 24.6. The molecule has 1 fully saturated rings. The van der Waals surface area contributed by atoms with Gasteiger partial charge in [0.25, 0.3) is 0 Å². The van der Waals surface area contributed by atoms with E-state index in [0.717, 1.165) is 29.2 Å². The lowest BCUT2D eigenvalue weighted by atomic mass is 9.98. The second-order valence-electron chi connectivity index (χ2n) is 7.73. The Morgan fingerprint density at radius 3 is 2.45 bits per heavy atom. The average molecular weight is 462 g/mol. The monoisotopic (exact) mass is 461 g/mol. The summed E-state index contributed by atoms with van der Waals surface area (Å²) < 4.78 is 5.43. The fourth-order valence-electron chi connectivity index (χ4n) is 3.17. The molecule has 4 rings (SSSR count). The number of esters is 1. The molecular formula is C23H25Cl2N3O3. The number of benzene rings is 2. The summed E-state index contributed by atoms with van der Waals surface area (Å²) in [6.07, 6.45) is 5.23. The molecule has 8 heteroatoms. The fourth-order valence-corrected chi connectivity index (χ4v) is 3.17. The number of nitrogens with two attached hydrogens (primary N) is 1. The number of hydrogen-bond acceptors (Lipinski definition) is 5. The van der Waals surface area contributed by atoms with Gasteiger partial charge in [0, 0.05) is 30.0 Å². The third-order valence-electron chi connectivity index (χ3n) is 5.45. The van der Waals surface area contributed by atoms with Crippen LogP contribution in [0.25, 0.3) is 10.8 Å². The van der Waals surface area contributed by atoms with E-state index >= 15 is 0 Å². The Balaban J connectivity index is 0.00000171. The summed E-state index contributed by atoms with van der Waals surface area (Å²) in [6.45, 7) is 2.07. The number of fused-ring (bicyclic) bond motifs is 1. The van der Waals surface area contributed by atoms with Gasteiger partial charge in [-0.2, -0.15) is 0 Å². The van der Waals surface area contributed by atoms with E-state index in [1.165, 1.54) is 0 Å². The number of aromatic nitrogens is 1. The molecule has 1 unspecified atom stereocenters. The van der Waals surface area contributed by atoms with Crippen molar-refractivity contribution in [3.8, 4) is 5.75 Å². The Morgan fingerprint density at radius 1 is 1.10 bits per heavy atom. The van der Waals surface area contributed by atoms with Gasteiger partial charge in [0.2, 0.25) is 5.91 Å². The molecule has 1 amide bonds. The SMILES string of the molecule is CC1(C(=O)Oc2ccc(C(CN)C(=O)Nc3ccc4cnccc4c3)cc2)CC1.Cl.Cl. The molecule has 0 bridgehead atoms. The van der Waals surface area contributed by atoms with Crippen LogP contribution in [0.15, 0.2) is 60.9 Å². The van der Waals surface area contributed by atoms with Crippen LogP contribution in [0.2, 0.25) is 0 Å². The second kappa shape index (κ2) is 10.1. The molecule has 31 heavy (non-hydrogen) atoms. The van der Waals surface area contributed by atoms with Crippen molar-refractivity contribution < 1.29 is 14.3 Å². The number of hydrogen-bond donors (Lipinski definition) is 2. The van der Waals surface area contributed by atoms with Gasteiger partial charge in [-0.1, -0.05) is 18.2 Å². The maximum Gasteiger partial charge on any atom is 0.317 e. The van der Waals surface area contributed by atoms with Crippen LogP contribution in [0.4, 0.5) is 5.69 Å². The van der Waals surface area contributed by atoms with Gasteiger partial charge in [0.05, 0.1) is 11.3 Å². The number of amides is 1. The third kappa shape index (κ3) is 5.53. The Bertz CT molecular complexity index is 1070. The van der Waals surface area contributed by atoms with Gasteiger partial charge in [0.1, 0.15) is 5.75 Å². The Kier molecular flexibility index (Phi) is 8.01. The number of carbonyl (C=O) groups is 2. The van der Waals surface area contributed by atoms with Crippen molar-refractivity contribution in [1.29, 1.82) is 0 Å². The summed E-state index contributed by atoms with van der Waals surface area (Å²) >= 11 is 0. The number of nitrogens with zero attached hydrogens (tertiary/aromatic N) is 1. The zero-order valence-electron chi connectivity index (χ0n) is 17.0. The van der Waals surface area contributed by atoms with Gasteiger partial charge in [-0.05, 0) is 61.0 Å².